The summed E-state index contributed by atoms with van der Waals surface area (Å²) < 4.78 is 0. The van der Waals surface area contributed by atoms with Gasteiger partial charge >= 0.3 is 0 Å². The largest absolute Gasteiger partial charge is 0.329 e. The quantitative estimate of drug-likeness (QED) is 0.654. The van der Waals surface area contributed by atoms with Crippen LogP contribution in [0.25, 0.3) is 0 Å². The van der Waals surface area contributed by atoms with Gasteiger partial charge in [-0.2, -0.15) is 0 Å². The molecule has 1 aliphatic rings. The Hall–Kier alpha value is -2.77. The molecule has 1 saturated heterocycles. The van der Waals surface area contributed by atoms with E-state index in [0.29, 0.717) is 27.8 Å². The zero-order chi connectivity index (χ0) is 20.4. The molecule has 0 radical (unpaired) electrons. The first kappa shape index (κ1) is 19.5. The number of rotatable bonds is 4. The van der Waals surface area contributed by atoms with Gasteiger partial charge in [-0.25, -0.2) is 0 Å². The molecule has 148 valence electrons. The highest BCUT2D eigenvalue weighted by atomic mass is 35.5. The van der Waals surface area contributed by atoms with Crippen LogP contribution in [-0.4, -0.2) is 33.5 Å². The zero-order valence-corrected chi connectivity index (χ0v) is 17.3. The van der Waals surface area contributed by atoms with E-state index in [1.165, 1.54) is 11.3 Å². The van der Waals surface area contributed by atoms with Crippen LogP contribution in [0.1, 0.15) is 49.6 Å². The van der Waals surface area contributed by atoms with E-state index >= 15 is 0 Å². The minimum atomic E-state index is -0.342. The molecule has 0 bridgehead atoms. The number of hydrogen-bond donors (Lipinski definition) is 1. The van der Waals surface area contributed by atoms with E-state index in [2.05, 4.69) is 15.5 Å². The van der Waals surface area contributed by atoms with Crippen molar-refractivity contribution in [3.63, 3.8) is 0 Å². The maximum Gasteiger partial charge on any atom is 0.286 e. The van der Waals surface area contributed by atoms with Gasteiger partial charge in [0.15, 0.2) is 0 Å². The van der Waals surface area contributed by atoms with E-state index in [1.807, 2.05) is 36.1 Å². The normalized spacial score (nSPS) is 16.1. The number of anilines is 1. The van der Waals surface area contributed by atoms with Gasteiger partial charge in [0.1, 0.15) is 5.01 Å². The van der Waals surface area contributed by atoms with Gasteiger partial charge < -0.3 is 10.2 Å². The molecule has 3 aromatic rings. The minimum absolute atomic E-state index is 0.0173. The van der Waals surface area contributed by atoms with E-state index in [9.17, 15) is 9.59 Å². The Morgan fingerprint density at radius 2 is 2.00 bits per heavy atom. The number of likely N-dealkylation sites (tertiary alicyclic amines) is 1. The van der Waals surface area contributed by atoms with Crippen LogP contribution in [0, 0.1) is 6.92 Å². The summed E-state index contributed by atoms with van der Waals surface area (Å²) >= 11 is 7.18. The number of benzene rings is 2. The first-order valence-electron chi connectivity index (χ1n) is 9.29. The van der Waals surface area contributed by atoms with E-state index < -0.39 is 0 Å². The molecule has 29 heavy (non-hydrogen) atoms. The number of halogens is 1. The number of aryl methyl sites for hydroxylation is 1. The molecule has 1 aliphatic heterocycles. The number of aromatic nitrogens is 2. The van der Waals surface area contributed by atoms with Crippen LogP contribution in [0.4, 0.5) is 5.69 Å². The van der Waals surface area contributed by atoms with Crippen molar-refractivity contribution in [2.45, 2.75) is 25.8 Å². The van der Waals surface area contributed by atoms with Crippen LogP contribution in [0.2, 0.25) is 5.02 Å². The summed E-state index contributed by atoms with van der Waals surface area (Å²) in [6, 6.07) is 14.3. The summed E-state index contributed by atoms with van der Waals surface area (Å²) in [4.78, 5) is 27.3. The summed E-state index contributed by atoms with van der Waals surface area (Å²) in [5, 5.41) is 12.5. The van der Waals surface area contributed by atoms with Gasteiger partial charge in [-0.1, -0.05) is 46.7 Å². The van der Waals surface area contributed by atoms with Gasteiger partial charge in [0.25, 0.3) is 11.8 Å². The van der Waals surface area contributed by atoms with Gasteiger partial charge in [-0.05, 0) is 50.1 Å². The molecule has 4 rings (SSSR count). The Morgan fingerprint density at radius 3 is 2.79 bits per heavy atom. The SMILES string of the molecule is Cc1cccc(C(=O)N2CCC[C@@H]2c2nnc(C(=O)Nc3cccc(Cl)c3)s2)c1. The number of hydrogen-bond acceptors (Lipinski definition) is 5. The fourth-order valence-corrected chi connectivity index (χ4v) is 4.50. The van der Waals surface area contributed by atoms with Crippen molar-refractivity contribution in [1.82, 2.24) is 15.1 Å². The van der Waals surface area contributed by atoms with E-state index in [0.717, 1.165) is 18.4 Å². The zero-order valence-electron chi connectivity index (χ0n) is 15.8. The number of carbonyl (C=O) groups excluding carboxylic acids is 2. The molecule has 2 aromatic carbocycles. The molecule has 1 fully saturated rings. The molecule has 1 aromatic heterocycles. The summed E-state index contributed by atoms with van der Waals surface area (Å²) in [5.41, 5.74) is 2.30. The molecule has 1 atom stereocenters. The van der Waals surface area contributed by atoms with Crippen molar-refractivity contribution >= 4 is 40.4 Å². The van der Waals surface area contributed by atoms with Gasteiger partial charge in [0.05, 0.1) is 6.04 Å². The van der Waals surface area contributed by atoms with Crippen molar-refractivity contribution < 1.29 is 9.59 Å². The second-order valence-corrected chi connectivity index (χ2v) is 8.38. The summed E-state index contributed by atoms with van der Waals surface area (Å²) in [5.74, 6) is -0.359. The van der Waals surface area contributed by atoms with E-state index in [1.54, 1.807) is 24.3 Å². The lowest BCUT2D eigenvalue weighted by molar-refractivity contribution is 0.0734. The third-order valence-corrected chi connectivity index (χ3v) is 6.04. The second-order valence-electron chi connectivity index (χ2n) is 6.94. The average Bonchev–Trinajstić information content (AvgIpc) is 3.37. The lowest BCUT2D eigenvalue weighted by Gasteiger charge is -2.23. The Labute approximate surface area is 177 Å². The molecule has 0 spiro atoms. The molecule has 1 N–H and O–H groups in total. The van der Waals surface area contributed by atoms with Crippen molar-refractivity contribution in [2.75, 3.05) is 11.9 Å². The van der Waals surface area contributed by atoms with Crippen LogP contribution in [0.3, 0.4) is 0 Å². The molecule has 2 amide bonds. The average molecular weight is 427 g/mol. The predicted molar refractivity (Wildman–Crippen MR) is 114 cm³/mol. The minimum Gasteiger partial charge on any atom is -0.329 e. The Bertz CT molecular complexity index is 1070. The van der Waals surface area contributed by atoms with E-state index in [-0.39, 0.29) is 22.9 Å². The van der Waals surface area contributed by atoms with Crippen molar-refractivity contribution in [1.29, 1.82) is 0 Å². The highest BCUT2D eigenvalue weighted by molar-refractivity contribution is 7.13. The Balaban J connectivity index is 1.50. The maximum atomic E-state index is 13.0. The van der Waals surface area contributed by atoms with Gasteiger partial charge in [0.2, 0.25) is 5.01 Å². The smallest absolute Gasteiger partial charge is 0.286 e. The summed E-state index contributed by atoms with van der Waals surface area (Å²) in [6.45, 7) is 2.63. The first-order chi connectivity index (χ1) is 14.0. The highest BCUT2D eigenvalue weighted by Crippen LogP contribution is 2.35. The lowest BCUT2D eigenvalue weighted by atomic mass is 10.1. The van der Waals surface area contributed by atoms with E-state index in [4.69, 9.17) is 11.6 Å². The molecule has 8 heteroatoms. The van der Waals surface area contributed by atoms with Crippen LogP contribution in [0.5, 0.6) is 0 Å². The topological polar surface area (TPSA) is 75.2 Å². The first-order valence-corrected chi connectivity index (χ1v) is 10.5. The van der Waals surface area contributed by atoms with Crippen molar-refractivity contribution in [3.8, 4) is 0 Å². The van der Waals surface area contributed by atoms with Gasteiger partial charge in [-0.15, -0.1) is 10.2 Å². The molecule has 2 heterocycles. The standard InChI is InChI=1S/C21H19ClN4O2S/c1-13-5-2-6-14(11-13)21(28)26-10-4-9-17(26)19-24-25-20(29-19)18(27)23-16-8-3-7-15(22)12-16/h2-3,5-8,11-12,17H,4,9-10H2,1H3,(H,23,27)/t17-/m1/s1. The van der Waals surface area contributed by atoms with Crippen molar-refractivity contribution in [2.24, 2.45) is 0 Å². The van der Waals surface area contributed by atoms with Gasteiger partial charge in [-0.3, -0.25) is 9.59 Å². The molecular formula is C21H19ClN4O2S. The molecule has 0 aliphatic carbocycles. The van der Waals surface area contributed by atoms with Crippen LogP contribution < -0.4 is 5.32 Å². The number of carbonyl (C=O) groups is 2. The third kappa shape index (κ3) is 4.31. The number of amides is 2. The Morgan fingerprint density at radius 1 is 1.17 bits per heavy atom. The predicted octanol–water partition coefficient (Wildman–Crippen LogP) is 4.73. The molecular weight excluding hydrogens is 408 g/mol. The maximum absolute atomic E-state index is 13.0. The van der Waals surface area contributed by atoms with Crippen molar-refractivity contribution in [3.05, 3.63) is 74.7 Å². The van der Waals surface area contributed by atoms with Crippen LogP contribution in [0.15, 0.2) is 48.5 Å². The second kappa shape index (κ2) is 8.31. The monoisotopic (exact) mass is 426 g/mol. The molecule has 0 saturated carbocycles. The summed E-state index contributed by atoms with van der Waals surface area (Å²) in [7, 11) is 0. The molecule has 6 nitrogen and oxygen atoms in total. The molecule has 0 unspecified atom stereocenters. The lowest BCUT2D eigenvalue weighted by Crippen LogP contribution is -2.30. The third-order valence-electron chi connectivity index (χ3n) is 4.78. The fourth-order valence-electron chi connectivity index (χ4n) is 3.42. The van der Waals surface area contributed by atoms with Gasteiger partial charge in [0, 0.05) is 22.8 Å². The number of nitrogens with one attached hydrogen (secondary N) is 1. The Kier molecular flexibility index (Phi) is 5.60. The van der Waals surface area contributed by atoms with Crippen LogP contribution in [-0.2, 0) is 0 Å². The summed E-state index contributed by atoms with van der Waals surface area (Å²) in [6.07, 6.45) is 1.70. The van der Waals surface area contributed by atoms with Crippen LogP contribution >= 0.6 is 22.9 Å². The fraction of sp³-hybridized carbons (Fsp3) is 0.238. The number of nitrogens with zero attached hydrogens (tertiary/aromatic N) is 3. The highest BCUT2D eigenvalue weighted by Gasteiger charge is 2.33.